The van der Waals surface area contributed by atoms with Gasteiger partial charge in [-0.15, -0.1) is 0 Å². The highest BCUT2D eigenvalue weighted by molar-refractivity contribution is 7.92. The molecule has 1 heterocycles. The van der Waals surface area contributed by atoms with Crippen LogP contribution in [0.3, 0.4) is 0 Å². The third-order valence-electron chi connectivity index (χ3n) is 4.04. The lowest BCUT2D eigenvalue weighted by Crippen LogP contribution is -2.27. The van der Waals surface area contributed by atoms with Crippen molar-refractivity contribution in [3.63, 3.8) is 0 Å². The van der Waals surface area contributed by atoms with E-state index in [0.29, 0.717) is 6.42 Å². The van der Waals surface area contributed by atoms with Gasteiger partial charge in [-0.05, 0) is 57.4 Å². The highest BCUT2D eigenvalue weighted by Gasteiger charge is 2.30. The molecule has 0 aliphatic carbocycles. The van der Waals surface area contributed by atoms with Crippen LogP contribution in [0.15, 0.2) is 12.1 Å². The molecule has 0 spiro atoms. The molecule has 19 heavy (non-hydrogen) atoms. The van der Waals surface area contributed by atoms with Gasteiger partial charge in [-0.3, -0.25) is 0 Å². The number of sulfone groups is 1. The van der Waals surface area contributed by atoms with Crippen LogP contribution in [0.2, 0.25) is 0 Å². The zero-order valence-electron chi connectivity index (χ0n) is 12.2. The Morgan fingerprint density at radius 1 is 1.16 bits per heavy atom. The third kappa shape index (κ3) is 3.00. The maximum Gasteiger partial charge on any atom is 0.154 e. The average Bonchev–Trinajstić information content (AvgIpc) is 2.37. The van der Waals surface area contributed by atoms with Gasteiger partial charge in [-0.25, -0.2) is 8.42 Å². The molecule has 1 N–H and O–H groups in total. The van der Waals surface area contributed by atoms with Crippen LogP contribution in [-0.2, 0) is 9.84 Å². The molecule has 0 radical (unpaired) electrons. The van der Waals surface area contributed by atoms with E-state index in [1.807, 2.05) is 6.92 Å². The fraction of sp³-hybridized carbons (Fsp3) is 0.600. The summed E-state index contributed by atoms with van der Waals surface area (Å²) in [5, 5.41) is 3.17. The van der Waals surface area contributed by atoms with Gasteiger partial charge in [-0.1, -0.05) is 17.7 Å². The molecule has 4 heteroatoms. The lowest BCUT2D eigenvalue weighted by atomic mass is 9.95. The van der Waals surface area contributed by atoms with Gasteiger partial charge in [0.05, 0.1) is 11.0 Å². The summed E-state index contributed by atoms with van der Waals surface area (Å²) >= 11 is 0. The lowest BCUT2D eigenvalue weighted by Gasteiger charge is -2.21. The first-order chi connectivity index (χ1) is 8.81. The van der Waals surface area contributed by atoms with Crippen molar-refractivity contribution in [1.29, 1.82) is 0 Å². The van der Waals surface area contributed by atoms with Gasteiger partial charge in [0.25, 0.3) is 0 Å². The van der Waals surface area contributed by atoms with E-state index < -0.39 is 9.84 Å². The second-order valence-corrected chi connectivity index (χ2v) is 8.21. The first-order valence-electron chi connectivity index (χ1n) is 6.84. The van der Waals surface area contributed by atoms with Crippen LogP contribution in [0, 0.1) is 20.8 Å². The molecular formula is C15H23NO2S. The molecule has 3 nitrogen and oxygen atoms in total. The van der Waals surface area contributed by atoms with Crippen LogP contribution in [-0.4, -0.2) is 26.0 Å². The molecule has 2 atom stereocenters. The number of rotatable bonds is 1. The van der Waals surface area contributed by atoms with Gasteiger partial charge < -0.3 is 5.32 Å². The summed E-state index contributed by atoms with van der Waals surface area (Å²) < 4.78 is 24.5. The van der Waals surface area contributed by atoms with Crippen molar-refractivity contribution in [2.75, 3.05) is 12.3 Å². The van der Waals surface area contributed by atoms with Gasteiger partial charge in [0.15, 0.2) is 9.84 Å². The van der Waals surface area contributed by atoms with Crippen LogP contribution < -0.4 is 5.32 Å². The van der Waals surface area contributed by atoms with Gasteiger partial charge in [0.2, 0.25) is 0 Å². The van der Waals surface area contributed by atoms with E-state index in [2.05, 4.69) is 38.2 Å². The fourth-order valence-corrected chi connectivity index (χ4v) is 4.58. The van der Waals surface area contributed by atoms with Crippen molar-refractivity contribution in [3.05, 3.63) is 34.4 Å². The van der Waals surface area contributed by atoms with Crippen molar-refractivity contribution in [2.45, 2.75) is 45.4 Å². The summed E-state index contributed by atoms with van der Waals surface area (Å²) in [5.74, 6) is 0.207. The molecule has 0 amide bonds. The molecule has 1 aliphatic heterocycles. The predicted molar refractivity (Wildman–Crippen MR) is 79.3 cm³/mol. The smallest absolute Gasteiger partial charge is 0.154 e. The molecule has 1 aromatic rings. The van der Waals surface area contributed by atoms with Gasteiger partial charge in [0.1, 0.15) is 0 Å². The van der Waals surface area contributed by atoms with Gasteiger partial charge >= 0.3 is 0 Å². The number of benzene rings is 1. The first kappa shape index (κ1) is 14.5. The zero-order chi connectivity index (χ0) is 14.2. The molecule has 1 aromatic carbocycles. The molecule has 1 fully saturated rings. The van der Waals surface area contributed by atoms with Crippen molar-refractivity contribution in [1.82, 2.24) is 5.32 Å². The van der Waals surface area contributed by atoms with E-state index in [1.165, 1.54) is 16.7 Å². The van der Waals surface area contributed by atoms with Crippen LogP contribution in [0.25, 0.3) is 0 Å². The maximum absolute atomic E-state index is 12.2. The Morgan fingerprint density at radius 3 is 2.32 bits per heavy atom. The highest BCUT2D eigenvalue weighted by Crippen LogP contribution is 2.27. The van der Waals surface area contributed by atoms with E-state index >= 15 is 0 Å². The minimum absolute atomic E-state index is 0.0736. The molecule has 106 valence electrons. The summed E-state index contributed by atoms with van der Waals surface area (Å²) in [4.78, 5) is 0. The van der Waals surface area contributed by atoms with Crippen molar-refractivity contribution >= 4 is 9.84 Å². The monoisotopic (exact) mass is 281 g/mol. The minimum atomic E-state index is -3.00. The molecule has 1 saturated heterocycles. The Labute approximate surface area is 116 Å². The zero-order valence-corrected chi connectivity index (χ0v) is 13.0. The first-order valence-corrected chi connectivity index (χ1v) is 8.55. The molecule has 0 saturated carbocycles. The lowest BCUT2D eigenvalue weighted by molar-refractivity contribution is 0.568. The summed E-state index contributed by atoms with van der Waals surface area (Å²) in [5.41, 5.74) is 4.74. The quantitative estimate of drug-likeness (QED) is 0.860. The molecular weight excluding hydrogens is 258 g/mol. The Hall–Kier alpha value is -0.870. The molecule has 2 unspecified atom stereocenters. The second-order valence-electron chi connectivity index (χ2n) is 5.75. The number of hydrogen-bond acceptors (Lipinski definition) is 3. The highest BCUT2D eigenvalue weighted by atomic mass is 32.2. The standard InChI is InChI=1S/C15H23NO2S/c1-10-7-11(2)15(12(3)8-10)14-9-19(17,18)13(4)5-6-16-14/h7-8,13-14,16H,5-6,9H2,1-4H3. The third-order valence-corrected chi connectivity index (χ3v) is 6.30. The minimum Gasteiger partial charge on any atom is -0.309 e. The average molecular weight is 281 g/mol. The van der Waals surface area contributed by atoms with Crippen molar-refractivity contribution < 1.29 is 8.42 Å². The summed E-state index contributed by atoms with van der Waals surface area (Å²) in [6.45, 7) is 8.78. The number of nitrogens with one attached hydrogen (secondary N) is 1. The summed E-state index contributed by atoms with van der Waals surface area (Å²) in [7, 11) is -3.00. The molecule has 0 aromatic heterocycles. The van der Waals surface area contributed by atoms with E-state index in [-0.39, 0.29) is 17.0 Å². The summed E-state index contributed by atoms with van der Waals surface area (Å²) in [6.07, 6.45) is 0.697. The van der Waals surface area contributed by atoms with E-state index in [4.69, 9.17) is 0 Å². The number of aryl methyl sites for hydroxylation is 3. The van der Waals surface area contributed by atoms with E-state index in [1.54, 1.807) is 0 Å². The van der Waals surface area contributed by atoms with Crippen molar-refractivity contribution in [2.24, 2.45) is 0 Å². The Kier molecular flexibility index (Phi) is 4.02. The van der Waals surface area contributed by atoms with E-state index in [0.717, 1.165) is 12.1 Å². The van der Waals surface area contributed by atoms with Crippen LogP contribution in [0.4, 0.5) is 0 Å². The SMILES string of the molecule is Cc1cc(C)c(C2CS(=O)(=O)C(C)CCN2)c(C)c1. The Bertz CT molecular complexity index is 555. The molecule has 0 bridgehead atoms. The van der Waals surface area contributed by atoms with Gasteiger partial charge in [-0.2, -0.15) is 0 Å². The Balaban J connectivity index is 2.42. The van der Waals surface area contributed by atoms with Crippen LogP contribution in [0.1, 0.15) is 41.6 Å². The predicted octanol–water partition coefficient (Wildman–Crippen LogP) is 2.45. The molecule has 2 rings (SSSR count). The number of hydrogen-bond donors (Lipinski definition) is 1. The van der Waals surface area contributed by atoms with Crippen LogP contribution >= 0.6 is 0 Å². The second kappa shape index (κ2) is 5.25. The Morgan fingerprint density at radius 2 is 1.74 bits per heavy atom. The maximum atomic E-state index is 12.2. The van der Waals surface area contributed by atoms with Gasteiger partial charge in [0, 0.05) is 6.04 Å². The topological polar surface area (TPSA) is 46.2 Å². The van der Waals surface area contributed by atoms with Crippen molar-refractivity contribution in [3.8, 4) is 0 Å². The van der Waals surface area contributed by atoms with Crippen LogP contribution in [0.5, 0.6) is 0 Å². The fourth-order valence-electron chi connectivity index (χ4n) is 3.02. The molecule has 1 aliphatic rings. The normalized spacial score (nSPS) is 26.9. The largest absolute Gasteiger partial charge is 0.309 e. The van der Waals surface area contributed by atoms with E-state index in [9.17, 15) is 8.42 Å². The summed E-state index contributed by atoms with van der Waals surface area (Å²) in [6, 6.07) is 4.19.